The topological polar surface area (TPSA) is 50.4 Å². The van der Waals surface area contributed by atoms with Crippen molar-refractivity contribution in [3.8, 4) is 5.75 Å². The van der Waals surface area contributed by atoms with Crippen molar-refractivity contribution < 1.29 is 9.53 Å². The SMILES string of the molecule is COc1cccc(Cl)c1CNC(=O)NC1CCCCC1. The van der Waals surface area contributed by atoms with Crippen LogP contribution in [-0.4, -0.2) is 19.2 Å². The van der Waals surface area contributed by atoms with E-state index in [1.807, 2.05) is 12.1 Å². The molecule has 110 valence electrons. The standard InChI is InChI=1S/C15H21ClN2O2/c1-20-14-9-5-8-13(16)12(14)10-17-15(19)18-11-6-3-2-4-7-11/h5,8-9,11H,2-4,6-7,10H2,1H3,(H2,17,18,19). The van der Waals surface area contributed by atoms with Crippen LogP contribution in [0, 0.1) is 0 Å². The van der Waals surface area contributed by atoms with Gasteiger partial charge < -0.3 is 15.4 Å². The number of rotatable bonds is 4. The molecule has 2 N–H and O–H groups in total. The quantitative estimate of drug-likeness (QED) is 0.894. The third-order valence-electron chi connectivity index (χ3n) is 3.66. The molecule has 1 aromatic rings. The summed E-state index contributed by atoms with van der Waals surface area (Å²) in [6.07, 6.45) is 5.81. The number of carbonyl (C=O) groups is 1. The van der Waals surface area contributed by atoms with Gasteiger partial charge in [0.15, 0.2) is 0 Å². The Kier molecular flexibility index (Phi) is 5.53. The summed E-state index contributed by atoms with van der Waals surface area (Å²) in [7, 11) is 1.59. The second-order valence-corrected chi connectivity index (χ2v) is 5.49. The fourth-order valence-corrected chi connectivity index (χ4v) is 2.79. The zero-order valence-electron chi connectivity index (χ0n) is 11.7. The van der Waals surface area contributed by atoms with Gasteiger partial charge in [-0.2, -0.15) is 0 Å². The molecule has 0 saturated heterocycles. The molecule has 0 aromatic heterocycles. The summed E-state index contributed by atoms with van der Waals surface area (Å²) in [5.74, 6) is 0.690. The maximum atomic E-state index is 11.9. The van der Waals surface area contributed by atoms with Gasteiger partial charge in [-0.15, -0.1) is 0 Å². The highest BCUT2D eigenvalue weighted by Crippen LogP contribution is 2.25. The molecule has 0 unspecified atom stereocenters. The highest BCUT2D eigenvalue weighted by atomic mass is 35.5. The van der Waals surface area contributed by atoms with Crippen LogP contribution in [0.2, 0.25) is 5.02 Å². The van der Waals surface area contributed by atoms with Crippen LogP contribution in [-0.2, 0) is 6.54 Å². The molecular weight excluding hydrogens is 276 g/mol. The van der Waals surface area contributed by atoms with E-state index in [2.05, 4.69) is 10.6 Å². The first-order valence-electron chi connectivity index (χ1n) is 7.06. The second-order valence-electron chi connectivity index (χ2n) is 5.08. The summed E-state index contributed by atoms with van der Waals surface area (Å²) in [5.41, 5.74) is 0.801. The largest absolute Gasteiger partial charge is 0.496 e. The van der Waals surface area contributed by atoms with Gasteiger partial charge in [-0.1, -0.05) is 36.9 Å². The molecule has 1 aliphatic carbocycles. The third kappa shape index (κ3) is 4.04. The van der Waals surface area contributed by atoms with Gasteiger partial charge in [0.25, 0.3) is 0 Å². The lowest BCUT2D eigenvalue weighted by atomic mass is 9.96. The number of urea groups is 1. The Morgan fingerprint density at radius 3 is 2.80 bits per heavy atom. The minimum atomic E-state index is -0.140. The molecule has 5 heteroatoms. The van der Waals surface area contributed by atoms with E-state index in [1.54, 1.807) is 13.2 Å². The van der Waals surface area contributed by atoms with Crippen LogP contribution in [0.1, 0.15) is 37.7 Å². The van der Waals surface area contributed by atoms with Gasteiger partial charge in [-0.05, 0) is 25.0 Å². The Morgan fingerprint density at radius 2 is 2.10 bits per heavy atom. The number of nitrogens with one attached hydrogen (secondary N) is 2. The van der Waals surface area contributed by atoms with Gasteiger partial charge in [0.05, 0.1) is 7.11 Å². The predicted molar refractivity (Wildman–Crippen MR) is 80.2 cm³/mol. The Hall–Kier alpha value is -1.42. The van der Waals surface area contributed by atoms with Crippen LogP contribution < -0.4 is 15.4 Å². The Balaban J connectivity index is 1.86. The third-order valence-corrected chi connectivity index (χ3v) is 4.02. The molecular formula is C15H21ClN2O2. The number of hydrogen-bond donors (Lipinski definition) is 2. The van der Waals surface area contributed by atoms with Crippen LogP contribution in [0.25, 0.3) is 0 Å². The molecule has 0 radical (unpaired) electrons. The number of hydrogen-bond acceptors (Lipinski definition) is 2. The lowest BCUT2D eigenvalue weighted by Crippen LogP contribution is -2.42. The van der Waals surface area contributed by atoms with Crippen molar-refractivity contribution in [2.24, 2.45) is 0 Å². The summed E-state index contributed by atoms with van der Waals surface area (Å²) in [6.45, 7) is 0.363. The van der Waals surface area contributed by atoms with Crippen LogP contribution in [0.5, 0.6) is 5.75 Å². The van der Waals surface area contributed by atoms with Crippen LogP contribution in [0.15, 0.2) is 18.2 Å². The van der Waals surface area contributed by atoms with Crippen LogP contribution in [0.4, 0.5) is 4.79 Å². The summed E-state index contributed by atoms with van der Waals surface area (Å²) >= 11 is 6.13. The van der Waals surface area contributed by atoms with Gasteiger partial charge in [0.2, 0.25) is 0 Å². The first-order chi connectivity index (χ1) is 9.70. The minimum absolute atomic E-state index is 0.140. The van der Waals surface area contributed by atoms with Crippen molar-refractivity contribution in [2.75, 3.05) is 7.11 Å². The van der Waals surface area contributed by atoms with E-state index in [4.69, 9.17) is 16.3 Å². The monoisotopic (exact) mass is 296 g/mol. The normalized spacial score (nSPS) is 15.7. The smallest absolute Gasteiger partial charge is 0.315 e. The van der Waals surface area contributed by atoms with Crippen LogP contribution >= 0.6 is 11.6 Å². The van der Waals surface area contributed by atoms with E-state index in [1.165, 1.54) is 19.3 Å². The minimum Gasteiger partial charge on any atom is -0.496 e. The highest BCUT2D eigenvalue weighted by Gasteiger charge is 2.16. The molecule has 0 bridgehead atoms. The zero-order chi connectivity index (χ0) is 14.4. The van der Waals surface area contributed by atoms with Crippen LogP contribution in [0.3, 0.4) is 0 Å². The molecule has 1 saturated carbocycles. The molecule has 2 rings (SSSR count). The van der Waals surface area contributed by atoms with Gasteiger partial charge in [0, 0.05) is 23.2 Å². The Bertz CT molecular complexity index is 459. The molecule has 1 aromatic carbocycles. The zero-order valence-corrected chi connectivity index (χ0v) is 12.5. The molecule has 1 aliphatic rings. The second kappa shape index (κ2) is 7.39. The first-order valence-corrected chi connectivity index (χ1v) is 7.44. The lowest BCUT2D eigenvalue weighted by molar-refractivity contribution is 0.232. The van der Waals surface area contributed by atoms with Crippen molar-refractivity contribution in [2.45, 2.75) is 44.7 Å². The van der Waals surface area contributed by atoms with E-state index >= 15 is 0 Å². The summed E-state index contributed by atoms with van der Waals surface area (Å²) < 4.78 is 5.25. The Morgan fingerprint density at radius 1 is 1.35 bits per heavy atom. The number of carbonyl (C=O) groups excluding carboxylic acids is 1. The molecule has 20 heavy (non-hydrogen) atoms. The molecule has 0 heterocycles. The van der Waals surface area contributed by atoms with Crippen molar-refractivity contribution >= 4 is 17.6 Å². The van der Waals surface area contributed by atoms with E-state index in [0.29, 0.717) is 23.4 Å². The predicted octanol–water partition coefficient (Wildman–Crippen LogP) is 3.48. The Labute approximate surface area is 124 Å². The first kappa shape index (κ1) is 15.0. The fraction of sp³-hybridized carbons (Fsp3) is 0.533. The van der Waals surface area contributed by atoms with Gasteiger partial charge in [-0.3, -0.25) is 0 Å². The molecule has 2 amide bonds. The number of ether oxygens (including phenoxy) is 1. The molecule has 4 nitrogen and oxygen atoms in total. The number of halogens is 1. The van der Waals surface area contributed by atoms with Crippen molar-refractivity contribution in [1.29, 1.82) is 0 Å². The van der Waals surface area contributed by atoms with Gasteiger partial charge >= 0.3 is 6.03 Å². The van der Waals surface area contributed by atoms with E-state index in [-0.39, 0.29) is 6.03 Å². The number of benzene rings is 1. The highest BCUT2D eigenvalue weighted by molar-refractivity contribution is 6.31. The van der Waals surface area contributed by atoms with E-state index in [9.17, 15) is 4.79 Å². The van der Waals surface area contributed by atoms with E-state index < -0.39 is 0 Å². The van der Waals surface area contributed by atoms with Crippen molar-refractivity contribution in [3.05, 3.63) is 28.8 Å². The molecule has 1 fully saturated rings. The molecule has 0 aliphatic heterocycles. The lowest BCUT2D eigenvalue weighted by Gasteiger charge is -2.23. The molecule has 0 spiro atoms. The number of methoxy groups -OCH3 is 1. The van der Waals surface area contributed by atoms with Gasteiger partial charge in [0.1, 0.15) is 5.75 Å². The van der Waals surface area contributed by atoms with Crippen molar-refractivity contribution in [1.82, 2.24) is 10.6 Å². The fourth-order valence-electron chi connectivity index (χ4n) is 2.55. The average molecular weight is 297 g/mol. The summed E-state index contributed by atoms with van der Waals surface area (Å²) in [6, 6.07) is 5.62. The van der Waals surface area contributed by atoms with Gasteiger partial charge in [-0.25, -0.2) is 4.79 Å². The summed E-state index contributed by atoms with van der Waals surface area (Å²) in [4.78, 5) is 11.9. The maximum Gasteiger partial charge on any atom is 0.315 e. The maximum absolute atomic E-state index is 11.9. The van der Waals surface area contributed by atoms with Crippen molar-refractivity contribution in [3.63, 3.8) is 0 Å². The number of amides is 2. The van der Waals surface area contributed by atoms with E-state index in [0.717, 1.165) is 18.4 Å². The average Bonchev–Trinajstić information content (AvgIpc) is 2.46. The summed E-state index contributed by atoms with van der Waals surface area (Å²) in [5, 5.41) is 6.46. The molecule has 0 atom stereocenters.